The van der Waals surface area contributed by atoms with Gasteiger partial charge in [-0.15, -0.1) is 0 Å². The van der Waals surface area contributed by atoms with E-state index in [0.29, 0.717) is 12.1 Å². The van der Waals surface area contributed by atoms with E-state index in [1.807, 2.05) is 4.90 Å². The van der Waals surface area contributed by atoms with E-state index in [1.54, 1.807) is 7.11 Å². The predicted molar refractivity (Wildman–Crippen MR) is 70.5 cm³/mol. The van der Waals surface area contributed by atoms with Crippen LogP contribution in [-0.2, 0) is 9.53 Å². The Balaban J connectivity index is 1.68. The van der Waals surface area contributed by atoms with Crippen molar-refractivity contribution in [2.45, 2.75) is 37.8 Å². The number of nitrogens with zero attached hydrogens (tertiary/aromatic N) is 1. The quantitative estimate of drug-likeness (QED) is 0.740. The molecule has 5 heteroatoms. The number of amides is 1. The number of hydrogen-bond acceptors (Lipinski definition) is 4. The van der Waals surface area contributed by atoms with Crippen molar-refractivity contribution in [1.82, 2.24) is 15.5 Å². The molecule has 2 rings (SSSR count). The van der Waals surface area contributed by atoms with E-state index in [9.17, 15) is 4.79 Å². The molecule has 0 aromatic heterocycles. The number of ether oxygens (including phenoxy) is 1. The van der Waals surface area contributed by atoms with E-state index in [-0.39, 0.29) is 12.5 Å². The molecule has 2 N–H and O–H groups in total. The molecule has 2 aliphatic rings. The van der Waals surface area contributed by atoms with Gasteiger partial charge in [-0.1, -0.05) is 0 Å². The van der Waals surface area contributed by atoms with Crippen LogP contribution in [0.3, 0.4) is 0 Å². The van der Waals surface area contributed by atoms with Gasteiger partial charge in [-0.2, -0.15) is 0 Å². The molecule has 5 nitrogen and oxygen atoms in total. The summed E-state index contributed by atoms with van der Waals surface area (Å²) in [5.41, 5.74) is 0. The number of nitrogens with one attached hydrogen (secondary N) is 2. The molecule has 0 aromatic carbocycles. The van der Waals surface area contributed by atoms with E-state index in [1.165, 1.54) is 12.8 Å². The standard InChI is InChI=1S/C13H25N3O2/c1-18-10-13(17)16-7-4-11(5-8-16)15-12-3-2-6-14-9-12/h11-12,14-15H,2-10H2,1H3. The van der Waals surface area contributed by atoms with Crippen molar-refractivity contribution in [3.63, 3.8) is 0 Å². The third kappa shape index (κ3) is 3.93. The van der Waals surface area contributed by atoms with Crippen LogP contribution < -0.4 is 10.6 Å². The maximum absolute atomic E-state index is 11.7. The molecule has 2 aliphatic heterocycles. The zero-order valence-electron chi connectivity index (χ0n) is 11.3. The van der Waals surface area contributed by atoms with Gasteiger partial charge in [0.25, 0.3) is 0 Å². The lowest BCUT2D eigenvalue weighted by Crippen LogP contribution is -2.52. The minimum absolute atomic E-state index is 0.121. The predicted octanol–water partition coefficient (Wildman–Crippen LogP) is -0.0346. The summed E-state index contributed by atoms with van der Waals surface area (Å²) in [6.07, 6.45) is 4.66. The number of methoxy groups -OCH3 is 1. The van der Waals surface area contributed by atoms with Crippen molar-refractivity contribution in [2.24, 2.45) is 0 Å². The second kappa shape index (κ2) is 7.07. The summed E-state index contributed by atoms with van der Waals surface area (Å²) in [7, 11) is 1.57. The fourth-order valence-corrected chi connectivity index (χ4v) is 2.84. The first-order valence-electron chi connectivity index (χ1n) is 7.03. The van der Waals surface area contributed by atoms with Gasteiger partial charge in [-0.05, 0) is 32.2 Å². The van der Waals surface area contributed by atoms with Crippen molar-refractivity contribution in [3.8, 4) is 0 Å². The van der Waals surface area contributed by atoms with Crippen molar-refractivity contribution in [1.29, 1.82) is 0 Å². The Bertz CT molecular complexity index is 259. The molecule has 0 radical (unpaired) electrons. The molecule has 2 fully saturated rings. The van der Waals surface area contributed by atoms with Gasteiger partial charge >= 0.3 is 0 Å². The molecule has 0 aromatic rings. The summed E-state index contributed by atoms with van der Waals surface area (Å²) in [4.78, 5) is 13.6. The van der Waals surface area contributed by atoms with Crippen LogP contribution in [-0.4, -0.2) is 62.8 Å². The molecule has 18 heavy (non-hydrogen) atoms. The van der Waals surface area contributed by atoms with Crippen LogP contribution in [0.25, 0.3) is 0 Å². The maximum Gasteiger partial charge on any atom is 0.248 e. The number of rotatable bonds is 4. The fraction of sp³-hybridized carbons (Fsp3) is 0.923. The van der Waals surface area contributed by atoms with Gasteiger partial charge in [0.05, 0.1) is 0 Å². The van der Waals surface area contributed by atoms with E-state index in [0.717, 1.165) is 39.0 Å². The molecule has 1 unspecified atom stereocenters. The van der Waals surface area contributed by atoms with Gasteiger partial charge in [0.2, 0.25) is 5.91 Å². The second-order valence-corrected chi connectivity index (χ2v) is 5.30. The highest BCUT2D eigenvalue weighted by molar-refractivity contribution is 5.77. The Labute approximate surface area is 109 Å². The number of likely N-dealkylation sites (tertiary alicyclic amines) is 1. The van der Waals surface area contributed by atoms with E-state index >= 15 is 0 Å². The van der Waals surface area contributed by atoms with Gasteiger partial charge < -0.3 is 20.3 Å². The van der Waals surface area contributed by atoms with Crippen molar-refractivity contribution >= 4 is 5.91 Å². The van der Waals surface area contributed by atoms with Crippen LogP contribution in [0.2, 0.25) is 0 Å². The van der Waals surface area contributed by atoms with Gasteiger partial charge in [0, 0.05) is 38.8 Å². The molecule has 1 amide bonds. The lowest BCUT2D eigenvalue weighted by atomic mass is 10.0. The molecule has 0 saturated carbocycles. The fourth-order valence-electron chi connectivity index (χ4n) is 2.84. The molecule has 0 aliphatic carbocycles. The smallest absolute Gasteiger partial charge is 0.248 e. The van der Waals surface area contributed by atoms with Crippen LogP contribution in [0.1, 0.15) is 25.7 Å². The average molecular weight is 255 g/mol. The Morgan fingerprint density at radius 2 is 2.11 bits per heavy atom. The Hall–Kier alpha value is -0.650. The summed E-state index contributed by atoms with van der Waals surface area (Å²) >= 11 is 0. The second-order valence-electron chi connectivity index (χ2n) is 5.30. The molecule has 2 heterocycles. The summed E-state index contributed by atoms with van der Waals surface area (Å²) < 4.78 is 4.89. The van der Waals surface area contributed by atoms with Crippen LogP contribution in [0, 0.1) is 0 Å². The maximum atomic E-state index is 11.7. The largest absolute Gasteiger partial charge is 0.375 e. The highest BCUT2D eigenvalue weighted by Gasteiger charge is 2.24. The Morgan fingerprint density at radius 3 is 2.72 bits per heavy atom. The SMILES string of the molecule is COCC(=O)N1CCC(NC2CCCNC2)CC1. The highest BCUT2D eigenvalue weighted by Crippen LogP contribution is 2.13. The molecule has 0 spiro atoms. The third-order valence-electron chi connectivity index (χ3n) is 3.88. The molecular weight excluding hydrogens is 230 g/mol. The summed E-state index contributed by atoms with van der Waals surface area (Å²) in [6, 6.07) is 1.19. The van der Waals surface area contributed by atoms with Crippen molar-refractivity contribution in [2.75, 3.05) is 39.9 Å². The van der Waals surface area contributed by atoms with E-state index in [4.69, 9.17) is 4.74 Å². The van der Waals surface area contributed by atoms with Gasteiger partial charge in [0.15, 0.2) is 0 Å². The monoisotopic (exact) mass is 255 g/mol. The first-order valence-corrected chi connectivity index (χ1v) is 7.03. The van der Waals surface area contributed by atoms with Crippen LogP contribution >= 0.6 is 0 Å². The number of piperidine rings is 2. The summed E-state index contributed by atoms with van der Waals surface area (Å²) in [6.45, 7) is 4.18. The zero-order chi connectivity index (χ0) is 12.8. The minimum Gasteiger partial charge on any atom is -0.375 e. The first-order chi connectivity index (χ1) is 8.79. The topological polar surface area (TPSA) is 53.6 Å². The Morgan fingerprint density at radius 1 is 1.33 bits per heavy atom. The molecule has 0 bridgehead atoms. The van der Waals surface area contributed by atoms with Gasteiger partial charge in [0.1, 0.15) is 6.61 Å². The Kier molecular flexibility index (Phi) is 5.41. The van der Waals surface area contributed by atoms with Crippen LogP contribution in [0.15, 0.2) is 0 Å². The highest BCUT2D eigenvalue weighted by atomic mass is 16.5. The number of hydrogen-bond donors (Lipinski definition) is 2. The first kappa shape index (κ1) is 13.8. The lowest BCUT2D eigenvalue weighted by molar-refractivity contribution is -0.136. The van der Waals surface area contributed by atoms with Gasteiger partial charge in [-0.25, -0.2) is 0 Å². The molecule has 2 saturated heterocycles. The minimum atomic E-state index is 0.121. The van der Waals surface area contributed by atoms with E-state index in [2.05, 4.69) is 10.6 Å². The van der Waals surface area contributed by atoms with Gasteiger partial charge in [-0.3, -0.25) is 4.79 Å². The molecule has 1 atom stereocenters. The average Bonchev–Trinajstić information content (AvgIpc) is 2.41. The van der Waals surface area contributed by atoms with E-state index < -0.39 is 0 Å². The zero-order valence-corrected chi connectivity index (χ0v) is 11.3. The molecular formula is C13H25N3O2. The van der Waals surface area contributed by atoms with Crippen LogP contribution in [0.4, 0.5) is 0 Å². The third-order valence-corrected chi connectivity index (χ3v) is 3.88. The number of carbonyl (C=O) groups is 1. The lowest BCUT2D eigenvalue weighted by Gasteiger charge is -2.35. The molecule has 104 valence electrons. The summed E-state index contributed by atoms with van der Waals surface area (Å²) in [5, 5.41) is 7.14. The number of carbonyl (C=O) groups excluding carboxylic acids is 1. The van der Waals surface area contributed by atoms with Crippen molar-refractivity contribution in [3.05, 3.63) is 0 Å². The normalized spacial score (nSPS) is 26.3. The van der Waals surface area contributed by atoms with Crippen molar-refractivity contribution < 1.29 is 9.53 Å². The summed E-state index contributed by atoms with van der Waals surface area (Å²) in [5.74, 6) is 0.121. The van der Waals surface area contributed by atoms with Crippen LogP contribution in [0.5, 0.6) is 0 Å².